The van der Waals surface area contributed by atoms with Crippen molar-refractivity contribution in [2.24, 2.45) is 5.92 Å². The van der Waals surface area contributed by atoms with E-state index in [1.165, 1.54) is 7.11 Å². The van der Waals surface area contributed by atoms with Crippen molar-refractivity contribution in [2.45, 2.75) is 31.5 Å². The Hall–Kier alpha value is -2.76. The van der Waals surface area contributed by atoms with Gasteiger partial charge in [-0.2, -0.15) is 0 Å². The van der Waals surface area contributed by atoms with E-state index in [0.717, 1.165) is 12.2 Å². The van der Waals surface area contributed by atoms with Crippen molar-refractivity contribution in [1.29, 1.82) is 0 Å². The summed E-state index contributed by atoms with van der Waals surface area (Å²) in [5.41, 5.74) is 0. The molecule has 1 aliphatic heterocycles. The summed E-state index contributed by atoms with van der Waals surface area (Å²) in [7, 11) is 1.28. The number of carbonyl (C=O) groups is 4. The standard InChI is InChI=1S/C16H21NO10/c1-8-9(7-26-13(23)6-5-12(21)22)27-16(25-2)14(15(8)24)17-10(18)3-4-11(19)20/h3-6,8-9,14-16,24H,7H2,1-2H3,(H,17,18)(H,19,20)(H,21,22)/b4-3+,6-5+. The summed E-state index contributed by atoms with van der Waals surface area (Å²) < 4.78 is 15.6. The van der Waals surface area contributed by atoms with Crippen LogP contribution in [-0.2, 0) is 33.4 Å². The molecule has 0 spiro atoms. The lowest BCUT2D eigenvalue weighted by molar-refractivity contribution is -0.247. The van der Waals surface area contributed by atoms with Gasteiger partial charge in [0, 0.05) is 37.3 Å². The number of carbonyl (C=O) groups excluding carboxylic acids is 2. The number of ether oxygens (including phenoxy) is 3. The highest BCUT2D eigenvalue weighted by Gasteiger charge is 2.44. The predicted octanol–water partition coefficient (Wildman–Crippen LogP) is -1.34. The first-order valence-electron chi connectivity index (χ1n) is 7.81. The smallest absolute Gasteiger partial charge is 0.331 e. The molecule has 27 heavy (non-hydrogen) atoms. The number of nitrogens with one attached hydrogen (secondary N) is 1. The highest BCUT2D eigenvalue weighted by Crippen LogP contribution is 2.26. The molecular formula is C16H21NO10. The second-order valence-electron chi connectivity index (χ2n) is 5.64. The average Bonchev–Trinajstić information content (AvgIpc) is 2.61. The summed E-state index contributed by atoms with van der Waals surface area (Å²) in [6, 6.07) is -0.991. The lowest BCUT2D eigenvalue weighted by Gasteiger charge is -2.42. The molecule has 0 aliphatic carbocycles. The van der Waals surface area contributed by atoms with Gasteiger partial charge in [-0.05, 0) is 0 Å². The molecule has 1 aliphatic rings. The van der Waals surface area contributed by atoms with Gasteiger partial charge in [0.1, 0.15) is 12.6 Å². The van der Waals surface area contributed by atoms with Crippen LogP contribution in [-0.4, -0.2) is 77.4 Å². The van der Waals surface area contributed by atoms with Crippen molar-refractivity contribution < 1.29 is 48.7 Å². The fourth-order valence-electron chi connectivity index (χ4n) is 2.35. The topological polar surface area (TPSA) is 169 Å². The number of aliphatic hydroxyl groups excluding tert-OH is 1. The zero-order valence-corrected chi connectivity index (χ0v) is 14.6. The third kappa shape index (κ3) is 7.17. The lowest BCUT2D eigenvalue weighted by Crippen LogP contribution is -2.61. The monoisotopic (exact) mass is 387 g/mol. The van der Waals surface area contributed by atoms with Crippen LogP contribution in [0.25, 0.3) is 0 Å². The van der Waals surface area contributed by atoms with Crippen molar-refractivity contribution in [3.8, 4) is 0 Å². The van der Waals surface area contributed by atoms with Crippen molar-refractivity contribution in [1.82, 2.24) is 5.32 Å². The van der Waals surface area contributed by atoms with Crippen LogP contribution >= 0.6 is 0 Å². The molecule has 0 aromatic heterocycles. The highest BCUT2D eigenvalue weighted by molar-refractivity contribution is 5.94. The maximum atomic E-state index is 11.7. The van der Waals surface area contributed by atoms with Gasteiger partial charge in [0.15, 0.2) is 6.29 Å². The summed E-state index contributed by atoms with van der Waals surface area (Å²) in [6.45, 7) is 1.31. The van der Waals surface area contributed by atoms with Crippen molar-refractivity contribution >= 4 is 23.8 Å². The van der Waals surface area contributed by atoms with Gasteiger partial charge in [-0.1, -0.05) is 6.92 Å². The predicted molar refractivity (Wildman–Crippen MR) is 87.3 cm³/mol. The van der Waals surface area contributed by atoms with E-state index in [1.807, 2.05) is 0 Å². The molecule has 1 amide bonds. The maximum absolute atomic E-state index is 11.7. The largest absolute Gasteiger partial charge is 0.478 e. The quantitative estimate of drug-likeness (QED) is 0.289. The van der Waals surface area contributed by atoms with Gasteiger partial charge in [0.05, 0.1) is 12.2 Å². The normalized spacial score (nSPS) is 28.2. The van der Waals surface area contributed by atoms with Gasteiger partial charge < -0.3 is 34.8 Å². The van der Waals surface area contributed by atoms with Crippen LogP contribution < -0.4 is 5.32 Å². The molecule has 0 aromatic rings. The molecule has 5 unspecified atom stereocenters. The summed E-state index contributed by atoms with van der Waals surface area (Å²) in [5.74, 6) is -4.86. The minimum Gasteiger partial charge on any atom is -0.478 e. The van der Waals surface area contributed by atoms with Crippen LogP contribution in [0.2, 0.25) is 0 Å². The molecule has 150 valence electrons. The Morgan fingerprint density at radius 3 is 2.22 bits per heavy atom. The van der Waals surface area contributed by atoms with Crippen LogP contribution in [0.1, 0.15) is 6.92 Å². The second-order valence-corrected chi connectivity index (χ2v) is 5.64. The van der Waals surface area contributed by atoms with Gasteiger partial charge in [-0.3, -0.25) is 4.79 Å². The van der Waals surface area contributed by atoms with E-state index >= 15 is 0 Å². The Morgan fingerprint density at radius 1 is 1.07 bits per heavy atom. The Bertz CT molecular complexity index is 625. The van der Waals surface area contributed by atoms with Gasteiger partial charge in [0.2, 0.25) is 5.91 Å². The molecule has 0 bridgehead atoms. The first-order valence-corrected chi connectivity index (χ1v) is 7.81. The first kappa shape index (κ1) is 22.3. The minimum absolute atomic E-state index is 0.277. The van der Waals surface area contributed by atoms with E-state index < -0.39 is 54.3 Å². The highest BCUT2D eigenvalue weighted by atomic mass is 16.7. The molecule has 1 fully saturated rings. The fourth-order valence-corrected chi connectivity index (χ4v) is 2.35. The summed E-state index contributed by atoms with van der Waals surface area (Å²) in [5, 5.41) is 29.8. The van der Waals surface area contributed by atoms with Crippen LogP contribution in [0, 0.1) is 5.92 Å². The Morgan fingerprint density at radius 2 is 1.67 bits per heavy atom. The van der Waals surface area contributed by atoms with E-state index in [2.05, 4.69) is 5.32 Å². The number of esters is 1. The van der Waals surface area contributed by atoms with Crippen molar-refractivity contribution in [3.63, 3.8) is 0 Å². The zero-order chi connectivity index (χ0) is 20.6. The number of carboxylic acids is 2. The number of aliphatic carboxylic acids is 2. The number of amides is 1. The average molecular weight is 387 g/mol. The summed E-state index contributed by atoms with van der Waals surface area (Å²) in [4.78, 5) is 44.0. The molecule has 1 saturated heterocycles. The fraction of sp³-hybridized carbons (Fsp3) is 0.500. The van der Waals surface area contributed by atoms with Gasteiger partial charge in [-0.25, -0.2) is 14.4 Å². The molecule has 1 heterocycles. The molecule has 1 rings (SSSR count). The van der Waals surface area contributed by atoms with E-state index in [9.17, 15) is 24.3 Å². The molecule has 0 saturated carbocycles. The maximum Gasteiger partial charge on any atom is 0.331 e. The van der Waals surface area contributed by atoms with E-state index in [1.54, 1.807) is 6.92 Å². The van der Waals surface area contributed by atoms with Crippen molar-refractivity contribution in [2.75, 3.05) is 13.7 Å². The molecule has 11 heteroatoms. The summed E-state index contributed by atoms with van der Waals surface area (Å²) in [6.07, 6.45) is -0.233. The second kappa shape index (κ2) is 10.4. The lowest BCUT2D eigenvalue weighted by atomic mass is 9.89. The third-order valence-electron chi connectivity index (χ3n) is 3.77. The molecule has 0 radical (unpaired) electrons. The number of rotatable bonds is 8. The summed E-state index contributed by atoms with van der Waals surface area (Å²) >= 11 is 0. The van der Waals surface area contributed by atoms with Crippen LogP contribution in [0.15, 0.2) is 24.3 Å². The van der Waals surface area contributed by atoms with Gasteiger partial charge in [0.25, 0.3) is 0 Å². The minimum atomic E-state index is -1.31. The molecule has 4 N–H and O–H groups in total. The van der Waals surface area contributed by atoms with Crippen LogP contribution in [0.5, 0.6) is 0 Å². The van der Waals surface area contributed by atoms with Crippen LogP contribution in [0.4, 0.5) is 0 Å². The van der Waals surface area contributed by atoms with E-state index in [4.69, 9.17) is 24.4 Å². The van der Waals surface area contributed by atoms with Gasteiger partial charge in [-0.15, -0.1) is 0 Å². The molecule has 5 atom stereocenters. The van der Waals surface area contributed by atoms with E-state index in [-0.39, 0.29) is 6.61 Å². The Labute approximate surface area is 154 Å². The first-order chi connectivity index (χ1) is 12.6. The van der Waals surface area contributed by atoms with Crippen molar-refractivity contribution in [3.05, 3.63) is 24.3 Å². The third-order valence-corrected chi connectivity index (χ3v) is 3.77. The SMILES string of the molecule is COC1OC(COC(=O)/C=C/C(=O)O)C(C)C(O)C1NC(=O)/C=C/C(=O)O. The molecular weight excluding hydrogens is 366 g/mol. The number of hydrogen-bond donors (Lipinski definition) is 4. The number of methoxy groups -OCH3 is 1. The molecule has 0 aromatic carbocycles. The zero-order valence-electron chi connectivity index (χ0n) is 14.6. The van der Waals surface area contributed by atoms with Gasteiger partial charge >= 0.3 is 17.9 Å². The number of aliphatic hydroxyl groups is 1. The number of carboxylic acid groups (broad SMARTS) is 2. The Balaban J connectivity index is 2.71. The van der Waals surface area contributed by atoms with Crippen LogP contribution in [0.3, 0.4) is 0 Å². The Kier molecular flexibility index (Phi) is 8.59. The molecule has 11 nitrogen and oxygen atoms in total. The number of hydrogen-bond acceptors (Lipinski definition) is 8. The van der Waals surface area contributed by atoms with E-state index in [0.29, 0.717) is 12.2 Å².